The molecular weight excluding hydrogens is 214 g/mol. The number of hydrogen-bond acceptors (Lipinski definition) is 3. The maximum absolute atomic E-state index is 9.96. The lowest BCUT2D eigenvalue weighted by molar-refractivity contribution is 0.177. The highest BCUT2D eigenvalue weighted by atomic mass is 35.5. The van der Waals surface area contributed by atoms with Gasteiger partial charge in [0.15, 0.2) is 0 Å². The van der Waals surface area contributed by atoms with Crippen LogP contribution in [0, 0.1) is 0 Å². The van der Waals surface area contributed by atoms with Gasteiger partial charge in [-0.1, -0.05) is 11.6 Å². The van der Waals surface area contributed by atoms with Crippen molar-refractivity contribution in [3.8, 4) is 5.75 Å². The van der Waals surface area contributed by atoms with Crippen molar-refractivity contribution >= 4 is 11.6 Å². The van der Waals surface area contributed by atoms with Crippen molar-refractivity contribution in [1.29, 1.82) is 0 Å². The standard InChI is InChI=1S/C11H14ClNO2/c1-13-6-9(14)11-7-4-5-15-10(7)3-2-8(11)12/h2-3,9,13-14H,4-6H2,1H3. The molecule has 4 heteroatoms. The smallest absolute Gasteiger partial charge is 0.123 e. The van der Waals surface area contributed by atoms with Gasteiger partial charge in [0, 0.05) is 29.1 Å². The zero-order chi connectivity index (χ0) is 10.8. The quantitative estimate of drug-likeness (QED) is 0.823. The van der Waals surface area contributed by atoms with Crippen LogP contribution in [-0.2, 0) is 6.42 Å². The number of aliphatic hydroxyl groups is 1. The van der Waals surface area contributed by atoms with Crippen molar-refractivity contribution in [3.05, 3.63) is 28.3 Å². The fourth-order valence-electron chi connectivity index (χ4n) is 1.93. The minimum atomic E-state index is -0.570. The summed E-state index contributed by atoms with van der Waals surface area (Å²) in [5, 5.41) is 13.5. The molecule has 1 heterocycles. The molecule has 0 fully saturated rings. The molecule has 3 nitrogen and oxygen atoms in total. The molecule has 2 rings (SSSR count). The van der Waals surface area contributed by atoms with E-state index in [2.05, 4.69) is 5.32 Å². The second-order valence-corrected chi connectivity index (χ2v) is 4.02. The normalized spacial score (nSPS) is 15.9. The van der Waals surface area contributed by atoms with Crippen LogP contribution in [0.1, 0.15) is 17.2 Å². The molecule has 0 amide bonds. The number of aliphatic hydroxyl groups excluding tert-OH is 1. The van der Waals surface area contributed by atoms with Crippen molar-refractivity contribution in [2.75, 3.05) is 20.2 Å². The highest BCUT2D eigenvalue weighted by Crippen LogP contribution is 2.36. The van der Waals surface area contributed by atoms with E-state index < -0.39 is 6.10 Å². The second-order valence-electron chi connectivity index (χ2n) is 3.61. The maximum Gasteiger partial charge on any atom is 0.123 e. The molecule has 0 radical (unpaired) electrons. The molecule has 0 aromatic heterocycles. The Bertz CT molecular complexity index is 368. The van der Waals surface area contributed by atoms with E-state index in [1.807, 2.05) is 6.07 Å². The Balaban J connectivity index is 2.40. The third kappa shape index (κ3) is 1.95. The van der Waals surface area contributed by atoms with Gasteiger partial charge in [0.25, 0.3) is 0 Å². The third-order valence-corrected chi connectivity index (χ3v) is 2.93. The van der Waals surface area contributed by atoms with Crippen LogP contribution in [0.3, 0.4) is 0 Å². The number of ether oxygens (including phenoxy) is 1. The molecule has 1 aliphatic rings. The summed E-state index contributed by atoms with van der Waals surface area (Å²) in [6.45, 7) is 1.17. The van der Waals surface area contributed by atoms with Crippen LogP contribution >= 0.6 is 11.6 Å². The summed E-state index contributed by atoms with van der Waals surface area (Å²) in [7, 11) is 1.80. The summed E-state index contributed by atoms with van der Waals surface area (Å²) in [6, 6.07) is 3.64. The molecule has 0 aliphatic carbocycles. The molecule has 1 aromatic carbocycles. The summed E-state index contributed by atoms with van der Waals surface area (Å²) in [6.07, 6.45) is 0.255. The number of rotatable bonds is 3. The third-order valence-electron chi connectivity index (χ3n) is 2.60. The lowest BCUT2D eigenvalue weighted by Gasteiger charge is -2.15. The Hall–Kier alpha value is -0.770. The van der Waals surface area contributed by atoms with Crippen molar-refractivity contribution in [2.24, 2.45) is 0 Å². The van der Waals surface area contributed by atoms with Gasteiger partial charge in [0.2, 0.25) is 0 Å². The second kappa shape index (κ2) is 4.39. The van der Waals surface area contributed by atoms with E-state index in [9.17, 15) is 5.11 Å². The van der Waals surface area contributed by atoms with Crippen molar-refractivity contribution in [1.82, 2.24) is 5.32 Å². The van der Waals surface area contributed by atoms with E-state index in [1.54, 1.807) is 13.1 Å². The number of halogens is 1. The zero-order valence-electron chi connectivity index (χ0n) is 8.59. The van der Waals surface area contributed by atoms with Gasteiger partial charge >= 0.3 is 0 Å². The summed E-state index contributed by atoms with van der Waals surface area (Å²) in [4.78, 5) is 0. The van der Waals surface area contributed by atoms with Crippen LogP contribution in [0.4, 0.5) is 0 Å². The van der Waals surface area contributed by atoms with Crippen molar-refractivity contribution in [2.45, 2.75) is 12.5 Å². The number of hydrogen-bond donors (Lipinski definition) is 2. The number of fused-ring (bicyclic) bond motifs is 1. The molecule has 2 N–H and O–H groups in total. The van der Waals surface area contributed by atoms with Crippen LogP contribution in [0.5, 0.6) is 5.75 Å². The zero-order valence-corrected chi connectivity index (χ0v) is 9.34. The SMILES string of the molecule is CNCC(O)c1c(Cl)ccc2c1CCO2. The Kier molecular flexibility index (Phi) is 3.14. The predicted octanol–water partition coefficient (Wildman–Crippen LogP) is 1.53. The molecule has 1 aliphatic heterocycles. The first-order chi connectivity index (χ1) is 7.24. The van der Waals surface area contributed by atoms with Gasteiger partial charge in [-0.25, -0.2) is 0 Å². The summed E-state index contributed by atoms with van der Waals surface area (Å²) >= 11 is 6.10. The Morgan fingerprint density at radius 3 is 3.13 bits per heavy atom. The van der Waals surface area contributed by atoms with Crippen molar-refractivity contribution < 1.29 is 9.84 Å². The molecule has 15 heavy (non-hydrogen) atoms. The van der Waals surface area contributed by atoms with E-state index in [0.717, 1.165) is 23.3 Å². The minimum Gasteiger partial charge on any atom is -0.493 e. The lowest BCUT2D eigenvalue weighted by Crippen LogP contribution is -2.18. The van der Waals surface area contributed by atoms with E-state index in [4.69, 9.17) is 16.3 Å². The first-order valence-corrected chi connectivity index (χ1v) is 5.38. The van der Waals surface area contributed by atoms with Gasteiger partial charge in [-0.3, -0.25) is 0 Å². The average molecular weight is 228 g/mol. The van der Waals surface area contributed by atoms with Crippen LogP contribution in [-0.4, -0.2) is 25.3 Å². The monoisotopic (exact) mass is 227 g/mol. The molecule has 1 aromatic rings. The van der Waals surface area contributed by atoms with Gasteiger partial charge < -0.3 is 15.2 Å². The van der Waals surface area contributed by atoms with Gasteiger partial charge in [-0.15, -0.1) is 0 Å². The average Bonchev–Trinajstić information content (AvgIpc) is 2.65. The highest BCUT2D eigenvalue weighted by Gasteiger charge is 2.22. The van der Waals surface area contributed by atoms with Crippen LogP contribution in [0.15, 0.2) is 12.1 Å². The summed E-state index contributed by atoms with van der Waals surface area (Å²) in [5.41, 5.74) is 1.85. The molecule has 0 saturated carbocycles. The first kappa shape index (κ1) is 10.7. The summed E-state index contributed by atoms with van der Waals surface area (Å²) < 4.78 is 5.43. The minimum absolute atomic E-state index is 0.496. The fourth-order valence-corrected chi connectivity index (χ4v) is 2.23. The van der Waals surface area contributed by atoms with Crippen molar-refractivity contribution in [3.63, 3.8) is 0 Å². The number of nitrogens with one attached hydrogen (secondary N) is 1. The van der Waals surface area contributed by atoms with E-state index in [1.165, 1.54) is 0 Å². The van der Waals surface area contributed by atoms with Gasteiger partial charge in [0.1, 0.15) is 5.75 Å². The fraction of sp³-hybridized carbons (Fsp3) is 0.455. The summed E-state index contributed by atoms with van der Waals surface area (Å²) in [5.74, 6) is 0.851. The Morgan fingerprint density at radius 2 is 2.40 bits per heavy atom. The molecule has 1 atom stereocenters. The molecular formula is C11H14ClNO2. The van der Waals surface area contributed by atoms with Gasteiger partial charge in [0.05, 0.1) is 12.7 Å². The predicted molar refractivity (Wildman–Crippen MR) is 59.5 cm³/mol. The number of benzene rings is 1. The molecule has 0 spiro atoms. The molecule has 1 unspecified atom stereocenters. The number of likely N-dealkylation sites (N-methyl/N-ethyl adjacent to an activating group) is 1. The van der Waals surface area contributed by atoms with Crippen LogP contribution < -0.4 is 10.1 Å². The maximum atomic E-state index is 9.96. The Morgan fingerprint density at radius 1 is 1.60 bits per heavy atom. The largest absolute Gasteiger partial charge is 0.493 e. The lowest BCUT2D eigenvalue weighted by atomic mass is 10.00. The van der Waals surface area contributed by atoms with Gasteiger partial charge in [-0.05, 0) is 19.2 Å². The molecule has 82 valence electrons. The van der Waals surface area contributed by atoms with Crippen LogP contribution in [0.25, 0.3) is 0 Å². The molecule has 0 bridgehead atoms. The topological polar surface area (TPSA) is 41.5 Å². The van der Waals surface area contributed by atoms with E-state index in [0.29, 0.717) is 18.2 Å². The molecule has 0 saturated heterocycles. The highest BCUT2D eigenvalue weighted by molar-refractivity contribution is 6.31. The van der Waals surface area contributed by atoms with E-state index >= 15 is 0 Å². The van der Waals surface area contributed by atoms with Gasteiger partial charge in [-0.2, -0.15) is 0 Å². The van der Waals surface area contributed by atoms with E-state index in [-0.39, 0.29) is 0 Å². The first-order valence-electron chi connectivity index (χ1n) is 5.00. The van der Waals surface area contributed by atoms with Crippen LogP contribution in [0.2, 0.25) is 5.02 Å². The Labute approximate surface area is 94.0 Å².